The molecule has 1 aromatic carbocycles. The Morgan fingerprint density at radius 1 is 1.35 bits per heavy atom. The van der Waals surface area contributed by atoms with E-state index in [4.69, 9.17) is 4.74 Å². The van der Waals surface area contributed by atoms with Gasteiger partial charge in [0, 0.05) is 0 Å². The number of para-hydroxylation sites is 1. The van der Waals surface area contributed by atoms with Gasteiger partial charge in [-0.3, -0.25) is 4.79 Å². The lowest BCUT2D eigenvalue weighted by Crippen LogP contribution is -2.51. The van der Waals surface area contributed by atoms with Gasteiger partial charge in [-0.1, -0.05) is 18.2 Å². The number of ether oxygens (including phenoxy) is 1. The first-order valence-corrected chi connectivity index (χ1v) is 6.92. The number of hydrogen-bond donors (Lipinski definition) is 2. The summed E-state index contributed by atoms with van der Waals surface area (Å²) in [5.41, 5.74) is 1.50. The van der Waals surface area contributed by atoms with Crippen LogP contribution in [0.25, 0.3) is 0 Å². The molecule has 0 fully saturated rings. The molecular formula is C16H25NO3. The highest BCUT2D eigenvalue weighted by atomic mass is 16.5. The molecule has 0 aliphatic rings. The minimum absolute atomic E-state index is 0.123. The van der Waals surface area contributed by atoms with Gasteiger partial charge >= 0.3 is 0 Å². The van der Waals surface area contributed by atoms with Crippen molar-refractivity contribution < 1.29 is 14.6 Å². The fourth-order valence-electron chi connectivity index (χ4n) is 1.80. The zero-order valence-corrected chi connectivity index (χ0v) is 13.0. The molecule has 0 bridgehead atoms. The predicted molar refractivity (Wildman–Crippen MR) is 79.9 cm³/mol. The molecule has 1 atom stereocenters. The largest absolute Gasteiger partial charge is 0.493 e. The van der Waals surface area contributed by atoms with Gasteiger partial charge < -0.3 is 15.2 Å². The van der Waals surface area contributed by atoms with Gasteiger partial charge in [-0.05, 0) is 45.7 Å². The van der Waals surface area contributed by atoms with Gasteiger partial charge in [-0.25, -0.2) is 0 Å². The number of hydrogen-bond acceptors (Lipinski definition) is 3. The highest BCUT2D eigenvalue weighted by molar-refractivity contribution is 5.76. The SMILES string of the molecule is Cc1cccc(C)c1OCCC(=O)NC(C)(C)C(C)O. The monoisotopic (exact) mass is 279 g/mol. The summed E-state index contributed by atoms with van der Waals surface area (Å²) >= 11 is 0. The molecule has 2 N–H and O–H groups in total. The quantitative estimate of drug-likeness (QED) is 0.840. The number of amides is 1. The van der Waals surface area contributed by atoms with E-state index in [1.54, 1.807) is 20.8 Å². The van der Waals surface area contributed by atoms with Crippen molar-refractivity contribution in [2.45, 2.75) is 52.7 Å². The summed E-state index contributed by atoms with van der Waals surface area (Å²) in [6, 6.07) is 5.95. The van der Waals surface area contributed by atoms with E-state index < -0.39 is 11.6 Å². The first-order chi connectivity index (χ1) is 9.24. The van der Waals surface area contributed by atoms with Gasteiger partial charge in [0.05, 0.1) is 24.7 Å². The average Bonchev–Trinajstić information content (AvgIpc) is 2.32. The second-order valence-corrected chi connectivity index (χ2v) is 5.77. The molecule has 1 aromatic rings. The standard InChI is InChI=1S/C16H25NO3/c1-11-7-6-8-12(2)15(11)20-10-9-14(19)17-16(4,5)13(3)18/h6-8,13,18H,9-10H2,1-5H3,(H,17,19). The van der Waals surface area contributed by atoms with Crippen LogP contribution in [0.2, 0.25) is 0 Å². The number of rotatable bonds is 6. The summed E-state index contributed by atoms with van der Waals surface area (Å²) in [7, 11) is 0. The lowest BCUT2D eigenvalue weighted by atomic mass is 9.99. The Labute approximate surface area is 121 Å². The maximum atomic E-state index is 11.8. The smallest absolute Gasteiger partial charge is 0.223 e. The number of aliphatic hydroxyl groups excluding tert-OH is 1. The van der Waals surface area contributed by atoms with Crippen molar-refractivity contribution >= 4 is 5.91 Å². The third kappa shape index (κ3) is 4.53. The Kier molecular flexibility index (Phi) is 5.57. The van der Waals surface area contributed by atoms with Crippen molar-refractivity contribution in [3.8, 4) is 5.75 Å². The van der Waals surface area contributed by atoms with Crippen LogP contribution in [0.5, 0.6) is 5.75 Å². The molecule has 1 rings (SSSR count). The van der Waals surface area contributed by atoms with Crippen LogP contribution in [0, 0.1) is 13.8 Å². The maximum absolute atomic E-state index is 11.8. The van der Waals surface area contributed by atoms with Gasteiger partial charge in [-0.15, -0.1) is 0 Å². The number of benzene rings is 1. The average molecular weight is 279 g/mol. The summed E-state index contributed by atoms with van der Waals surface area (Å²) in [5, 5.41) is 12.4. The molecule has 0 radical (unpaired) electrons. The number of carbonyl (C=O) groups is 1. The Bertz CT molecular complexity index is 447. The number of carbonyl (C=O) groups excluding carboxylic acids is 1. The molecule has 4 heteroatoms. The molecule has 0 aliphatic carbocycles. The van der Waals surface area contributed by atoms with Crippen LogP contribution in [0.3, 0.4) is 0 Å². The van der Waals surface area contributed by atoms with Gasteiger partial charge in [0.15, 0.2) is 0 Å². The number of aliphatic hydroxyl groups is 1. The molecule has 0 aliphatic heterocycles. The summed E-state index contributed by atoms with van der Waals surface area (Å²) in [5.74, 6) is 0.720. The number of nitrogens with one attached hydrogen (secondary N) is 1. The van der Waals surface area contributed by atoms with Gasteiger partial charge in [-0.2, -0.15) is 0 Å². The van der Waals surface area contributed by atoms with Gasteiger partial charge in [0.2, 0.25) is 5.91 Å². The van der Waals surface area contributed by atoms with E-state index in [0.717, 1.165) is 16.9 Å². The molecule has 0 heterocycles. The molecule has 0 saturated carbocycles. The Morgan fingerprint density at radius 3 is 2.40 bits per heavy atom. The van der Waals surface area contributed by atoms with Crippen LogP contribution >= 0.6 is 0 Å². The zero-order valence-electron chi connectivity index (χ0n) is 13.0. The molecule has 1 unspecified atom stereocenters. The van der Waals surface area contributed by atoms with Crippen molar-refractivity contribution in [1.82, 2.24) is 5.32 Å². The Morgan fingerprint density at radius 2 is 1.90 bits per heavy atom. The minimum Gasteiger partial charge on any atom is -0.493 e. The predicted octanol–water partition coefficient (Wildman–Crippen LogP) is 2.35. The van der Waals surface area contributed by atoms with E-state index in [0.29, 0.717) is 6.61 Å². The molecule has 0 saturated heterocycles. The van der Waals surface area contributed by atoms with Crippen LogP contribution in [0.15, 0.2) is 18.2 Å². The summed E-state index contributed by atoms with van der Waals surface area (Å²) in [4.78, 5) is 11.8. The molecule has 4 nitrogen and oxygen atoms in total. The summed E-state index contributed by atoms with van der Waals surface area (Å²) in [6.45, 7) is 9.54. The van der Waals surface area contributed by atoms with Crippen LogP contribution < -0.4 is 10.1 Å². The summed E-state index contributed by atoms with van der Waals surface area (Å²) in [6.07, 6.45) is -0.338. The topological polar surface area (TPSA) is 58.6 Å². The molecule has 0 aromatic heterocycles. The van der Waals surface area contributed by atoms with E-state index >= 15 is 0 Å². The van der Waals surface area contributed by atoms with Crippen molar-refractivity contribution in [1.29, 1.82) is 0 Å². The van der Waals surface area contributed by atoms with E-state index in [1.807, 2.05) is 32.0 Å². The van der Waals surface area contributed by atoms with Crippen molar-refractivity contribution in [3.63, 3.8) is 0 Å². The van der Waals surface area contributed by atoms with Gasteiger partial charge in [0.25, 0.3) is 0 Å². The maximum Gasteiger partial charge on any atom is 0.223 e. The van der Waals surface area contributed by atoms with Crippen LogP contribution in [0.1, 0.15) is 38.3 Å². The molecule has 0 spiro atoms. The van der Waals surface area contributed by atoms with Gasteiger partial charge in [0.1, 0.15) is 5.75 Å². The molecule has 1 amide bonds. The van der Waals surface area contributed by atoms with Crippen LogP contribution in [0.4, 0.5) is 0 Å². The highest BCUT2D eigenvalue weighted by Crippen LogP contribution is 2.22. The normalized spacial score (nSPS) is 12.9. The van der Waals surface area contributed by atoms with E-state index in [9.17, 15) is 9.90 Å². The minimum atomic E-state index is -0.629. The first-order valence-electron chi connectivity index (χ1n) is 6.92. The van der Waals surface area contributed by atoms with Crippen LogP contribution in [-0.2, 0) is 4.79 Å². The highest BCUT2D eigenvalue weighted by Gasteiger charge is 2.25. The van der Waals surface area contributed by atoms with E-state index in [1.165, 1.54) is 0 Å². The molecular weight excluding hydrogens is 254 g/mol. The Balaban J connectivity index is 2.47. The van der Waals surface area contributed by atoms with E-state index in [-0.39, 0.29) is 12.3 Å². The lowest BCUT2D eigenvalue weighted by molar-refractivity contribution is -0.124. The number of aryl methyl sites for hydroxylation is 2. The molecule has 112 valence electrons. The lowest BCUT2D eigenvalue weighted by Gasteiger charge is -2.29. The third-order valence-electron chi connectivity index (χ3n) is 3.49. The zero-order chi connectivity index (χ0) is 15.3. The van der Waals surface area contributed by atoms with Crippen LogP contribution in [-0.4, -0.2) is 29.3 Å². The van der Waals surface area contributed by atoms with Crippen molar-refractivity contribution in [2.24, 2.45) is 0 Å². The fourth-order valence-corrected chi connectivity index (χ4v) is 1.80. The van der Waals surface area contributed by atoms with Crippen molar-refractivity contribution in [2.75, 3.05) is 6.61 Å². The second kappa shape index (κ2) is 6.75. The molecule has 20 heavy (non-hydrogen) atoms. The first kappa shape index (κ1) is 16.5. The fraction of sp³-hybridized carbons (Fsp3) is 0.562. The van der Waals surface area contributed by atoms with Crippen molar-refractivity contribution in [3.05, 3.63) is 29.3 Å². The second-order valence-electron chi connectivity index (χ2n) is 5.77. The van der Waals surface area contributed by atoms with E-state index in [2.05, 4.69) is 5.32 Å². The summed E-state index contributed by atoms with van der Waals surface area (Å²) < 4.78 is 5.69. The Hall–Kier alpha value is -1.55. The third-order valence-corrected chi connectivity index (χ3v) is 3.49.